The average Bonchev–Trinajstić information content (AvgIpc) is 3.67. The number of nitrogens with one attached hydrogen (secondary N) is 5. The van der Waals surface area contributed by atoms with Gasteiger partial charge in [-0.05, 0) is 59.4 Å². The highest BCUT2D eigenvalue weighted by atomic mass is 16.1. The number of carbonyl (C=O) groups is 1. The number of aromatic nitrogens is 3. The largest absolute Gasteiger partial charge is 0.337 e. The van der Waals surface area contributed by atoms with Crippen LogP contribution in [0.15, 0.2) is 90.4 Å². The maximum absolute atomic E-state index is 13.1. The molecule has 10 nitrogen and oxygen atoms in total. The fourth-order valence-corrected chi connectivity index (χ4v) is 4.85. The SMILES string of the molecule is Cc1c(NC(=O)c2ccc(C(C)(C)C)cc2)cccc1-c1cn2ccnc2c(Nc2ccc(CC3=NNNN3)cc2)n1. The predicted octanol–water partition coefficient (Wildman–Crippen LogP) is 5.47. The number of hydrazine groups is 2. The Balaban J connectivity index is 1.25. The molecule has 0 spiro atoms. The molecule has 0 fully saturated rings. The normalized spacial score (nSPS) is 12.9. The second-order valence-corrected chi connectivity index (χ2v) is 11.3. The molecule has 5 aromatic rings. The minimum atomic E-state index is -0.150. The number of rotatable bonds is 7. The molecule has 1 amide bonds. The number of amides is 1. The van der Waals surface area contributed by atoms with Crippen molar-refractivity contribution in [3.8, 4) is 11.3 Å². The van der Waals surface area contributed by atoms with Crippen LogP contribution in [0, 0.1) is 6.92 Å². The molecule has 0 unspecified atom stereocenters. The van der Waals surface area contributed by atoms with Crippen molar-refractivity contribution in [3.05, 3.63) is 108 Å². The fraction of sp³-hybridized carbons (Fsp3) is 0.188. The summed E-state index contributed by atoms with van der Waals surface area (Å²) in [6, 6.07) is 21.7. The monoisotopic (exact) mass is 559 g/mol. The van der Waals surface area contributed by atoms with Crippen molar-refractivity contribution in [3.63, 3.8) is 0 Å². The van der Waals surface area contributed by atoms with Crippen LogP contribution in [0.3, 0.4) is 0 Å². The first-order chi connectivity index (χ1) is 20.2. The third kappa shape index (κ3) is 5.65. The number of hydrazone groups is 1. The second kappa shape index (κ2) is 11.0. The van der Waals surface area contributed by atoms with Crippen molar-refractivity contribution >= 4 is 34.6 Å². The highest BCUT2D eigenvalue weighted by Crippen LogP contribution is 2.31. The molecule has 212 valence electrons. The van der Waals surface area contributed by atoms with E-state index in [2.05, 4.69) is 58.0 Å². The topological polar surface area (TPSA) is 120 Å². The van der Waals surface area contributed by atoms with Gasteiger partial charge >= 0.3 is 0 Å². The van der Waals surface area contributed by atoms with Gasteiger partial charge in [-0.1, -0.05) is 57.2 Å². The quantitative estimate of drug-likeness (QED) is 0.179. The molecule has 3 aromatic carbocycles. The van der Waals surface area contributed by atoms with Crippen molar-refractivity contribution in [2.45, 2.75) is 39.5 Å². The Labute approximate surface area is 244 Å². The fourth-order valence-electron chi connectivity index (χ4n) is 4.85. The molecule has 0 saturated heterocycles. The molecule has 0 aliphatic carbocycles. The van der Waals surface area contributed by atoms with E-state index in [4.69, 9.17) is 4.98 Å². The van der Waals surface area contributed by atoms with E-state index < -0.39 is 0 Å². The van der Waals surface area contributed by atoms with Crippen molar-refractivity contribution in [2.75, 3.05) is 10.6 Å². The van der Waals surface area contributed by atoms with Crippen LogP contribution in [0.1, 0.15) is 47.8 Å². The highest BCUT2D eigenvalue weighted by Gasteiger charge is 2.17. The summed E-state index contributed by atoms with van der Waals surface area (Å²) in [4.78, 5) is 22.6. The highest BCUT2D eigenvalue weighted by molar-refractivity contribution is 6.05. The Morgan fingerprint density at radius 2 is 1.79 bits per heavy atom. The summed E-state index contributed by atoms with van der Waals surface area (Å²) >= 11 is 0. The van der Waals surface area contributed by atoms with E-state index in [1.54, 1.807) is 6.20 Å². The Morgan fingerprint density at radius 1 is 1.00 bits per heavy atom. The lowest BCUT2D eigenvalue weighted by molar-refractivity contribution is 0.102. The first kappa shape index (κ1) is 27.0. The van der Waals surface area contributed by atoms with E-state index in [-0.39, 0.29) is 11.3 Å². The van der Waals surface area contributed by atoms with Gasteiger partial charge in [0, 0.05) is 47.5 Å². The molecular weight excluding hydrogens is 526 g/mol. The molecule has 0 radical (unpaired) electrons. The molecule has 0 atom stereocenters. The van der Waals surface area contributed by atoms with Gasteiger partial charge < -0.3 is 15.0 Å². The molecule has 2 aromatic heterocycles. The maximum atomic E-state index is 13.1. The van der Waals surface area contributed by atoms with E-state index in [0.717, 1.165) is 39.6 Å². The van der Waals surface area contributed by atoms with Gasteiger partial charge in [-0.15, -0.1) is 10.6 Å². The van der Waals surface area contributed by atoms with Gasteiger partial charge in [-0.25, -0.2) is 15.5 Å². The van der Waals surface area contributed by atoms with Crippen LogP contribution in [-0.2, 0) is 11.8 Å². The third-order valence-corrected chi connectivity index (χ3v) is 7.29. The first-order valence-corrected chi connectivity index (χ1v) is 13.8. The van der Waals surface area contributed by atoms with Gasteiger partial charge in [-0.2, -0.15) is 0 Å². The van der Waals surface area contributed by atoms with Crippen LogP contribution in [-0.4, -0.2) is 26.1 Å². The minimum absolute atomic E-state index is 0.0265. The van der Waals surface area contributed by atoms with Gasteiger partial charge in [0.15, 0.2) is 11.5 Å². The average molecular weight is 560 g/mol. The number of fused-ring (bicyclic) bond motifs is 1. The summed E-state index contributed by atoms with van der Waals surface area (Å²) in [7, 11) is 0. The molecule has 0 saturated carbocycles. The lowest BCUT2D eigenvalue weighted by atomic mass is 9.86. The number of nitrogens with zero attached hydrogens (tertiary/aromatic N) is 4. The van der Waals surface area contributed by atoms with E-state index in [1.807, 2.05) is 90.4 Å². The van der Waals surface area contributed by atoms with E-state index in [1.165, 1.54) is 5.56 Å². The van der Waals surface area contributed by atoms with Crippen LogP contribution in [0.25, 0.3) is 16.9 Å². The number of imidazole rings is 1. The second-order valence-electron chi connectivity index (χ2n) is 11.3. The van der Waals surface area contributed by atoms with E-state index in [0.29, 0.717) is 23.4 Å². The van der Waals surface area contributed by atoms with Crippen molar-refractivity contribution in [1.82, 2.24) is 30.9 Å². The Morgan fingerprint density at radius 3 is 2.50 bits per heavy atom. The summed E-state index contributed by atoms with van der Waals surface area (Å²) in [6.07, 6.45) is 6.27. The number of benzene rings is 3. The lowest BCUT2D eigenvalue weighted by Crippen LogP contribution is -2.35. The molecule has 5 N–H and O–H groups in total. The zero-order chi connectivity index (χ0) is 29.3. The van der Waals surface area contributed by atoms with Crippen molar-refractivity contribution in [2.24, 2.45) is 5.10 Å². The zero-order valence-electron chi connectivity index (χ0n) is 24.0. The van der Waals surface area contributed by atoms with E-state index in [9.17, 15) is 4.79 Å². The van der Waals surface area contributed by atoms with Crippen molar-refractivity contribution in [1.29, 1.82) is 0 Å². The number of carbonyl (C=O) groups excluding carboxylic acids is 1. The lowest BCUT2D eigenvalue weighted by Gasteiger charge is -2.19. The van der Waals surface area contributed by atoms with Crippen molar-refractivity contribution < 1.29 is 4.79 Å². The number of hydrogen-bond acceptors (Lipinski definition) is 8. The van der Waals surface area contributed by atoms with Gasteiger partial charge in [-0.3, -0.25) is 10.2 Å². The number of hydrogen-bond donors (Lipinski definition) is 5. The minimum Gasteiger partial charge on any atom is -0.337 e. The molecule has 10 heteroatoms. The number of anilines is 3. The molecule has 3 heterocycles. The Bertz CT molecular complexity index is 1780. The molecule has 0 bridgehead atoms. The van der Waals surface area contributed by atoms with Gasteiger partial charge in [0.25, 0.3) is 5.91 Å². The Hall–Kier alpha value is -5.22. The summed E-state index contributed by atoms with van der Waals surface area (Å²) < 4.78 is 1.95. The van der Waals surface area contributed by atoms with Crippen LogP contribution < -0.4 is 27.1 Å². The first-order valence-electron chi connectivity index (χ1n) is 13.8. The molecule has 1 aliphatic heterocycles. The molecule has 42 heavy (non-hydrogen) atoms. The third-order valence-electron chi connectivity index (χ3n) is 7.29. The van der Waals surface area contributed by atoms with Crippen LogP contribution in [0.4, 0.5) is 17.2 Å². The zero-order valence-corrected chi connectivity index (χ0v) is 24.0. The molecule has 6 rings (SSSR count). The van der Waals surface area contributed by atoms with Crippen LogP contribution in [0.2, 0.25) is 0 Å². The number of amidine groups is 1. The van der Waals surface area contributed by atoms with E-state index >= 15 is 0 Å². The van der Waals surface area contributed by atoms with Gasteiger partial charge in [0.05, 0.1) is 5.69 Å². The summed E-state index contributed by atoms with van der Waals surface area (Å²) in [5, 5.41) is 10.7. The molecular formula is C32H33N9O. The summed E-state index contributed by atoms with van der Waals surface area (Å²) in [5.41, 5.74) is 16.3. The molecule has 1 aliphatic rings. The standard InChI is InChI=1S/C32H33N9O/c1-20-25(6-5-7-26(20)36-31(42)22-10-12-23(13-11-22)32(2,3)4)27-19-41-17-16-33-30(41)29(35-27)34-24-14-8-21(9-15-24)18-28-37-39-40-38-28/h5-17,19,39-40H,18H2,1-4H3,(H,34,35)(H,36,42)(H,37,38). The summed E-state index contributed by atoms with van der Waals surface area (Å²) in [5.74, 6) is 1.30. The van der Waals surface area contributed by atoms with Gasteiger partial charge in [0.2, 0.25) is 0 Å². The predicted molar refractivity (Wildman–Crippen MR) is 167 cm³/mol. The van der Waals surface area contributed by atoms with Crippen LogP contribution in [0.5, 0.6) is 0 Å². The summed E-state index contributed by atoms with van der Waals surface area (Å²) in [6.45, 7) is 8.47. The maximum Gasteiger partial charge on any atom is 0.255 e. The van der Waals surface area contributed by atoms with Crippen LogP contribution >= 0.6 is 0 Å². The Kier molecular flexibility index (Phi) is 7.05. The smallest absolute Gasteiger partial charge is 0.255 e. The van der Waals surface area contributed by atoms with Gasteiger partial charge in [0.1, 0.15) is 5.84 Å².